The number of pyridine rings is 1. The average Bonchev–Trinajstić information content (AvgIpc) is 2.27. The molecule has 0 spiro atoms. The van der Waals surface area contributed by atoms with Gasteiger partial charge in [-0.1, -0.05) is 26.3 Å². The van der Waals surface area contributed by atoms with Gasteiger partial charge in [0, 0.05) is 5.69 Å². The summed E-state index contributed by atoms with van der Waals surface area (Å²) < 4.78 is 0. The largest absolute Gasteiger partial charge is 0.320 e. The lowest BCUT2D eigenvalue weighted by atomic mass is 9.99. The topological polar surface area (TPSA) is 68.0 Å². The third-order valence-corrected chi connectivity index (χ3v) is 2.70. The van der Waals surface area contributed by atoms with Crippen LogP contribution in [0.1, 0.15) is 26.0 Å². The molecule has 0 radical (unpaired) electrons. The number of nitrogens with two attached hydrogens (primary N) is 1. The van der Waals surface area contributed by atoms with E-state index < -0.39 is 6.04 Å². The lowest BCUT2D eigenvalue weighted by Gasteiger charge is -2.17. The van der Waals surface area contributed by atoms with Crippen LogP contribution in [0, 0.1) is 12.8 Å². The first kappa shape index (κ1) is 12.6. The predicted molar refractivity (Wildman–Crippen MR) is 65.0 cm³/mol. The molecule has 88 valence electrons. The van der Waals surface area contributed by atoms with Crippen molar-refractivity contribution >= 4 is 11.7 Å². The van der Waals surface area contributed by atoms with Crippen LogP contribution < -0.4 is 11.1 Å². The van der Waals surface area contributed by atoms with Crippen molar-refractivity contribution in [2.75, 3.05) is 5.32 Å². The Morgan fingerprint density at radius 2 is 2.25 bits per heavy atom. The number of hydrogen-bond donors (Lipinski definition) is 2. The van der Waals surface area contributed by atoms with Crippen LogP contribution in [0.15, 0.2) is 18.2 Å². The van der Waals surface area contributed by atoms with Gasteiger partial charge in [0.15, 0.2) is 0 Å². The molecule has 2 atom stereocenters. The van der Waals surface area contributed by atoms with Crippen molar-refractivity contribution in [1.29, 1.82) is 0 Å². The van der Waals surface area contributed by atoms with E-state index in [1.165, 1.54) is 0 Å². The number of nitrogens with one attached hydrogen (secondary N) is 1. The van der Waals surface area contributed by atoms with Crippen molar-refractivity contribution in [3.63, 3.8) is 0 Å². The SMILES string of the molecule is CCC(C)C(N)C(=O)Nc1cccc(C)n1. The Hall–Kier alpha value is -1.42. The summed E-state index contributed by atoms with van der Waals surface area (Å²) in [5, 5.41) is 2.72. The van der Waals surface area contributed by atoms with E-state index >= 15 is 0 Å². The molecule has 0 bridgehead atoms. The number of aromatic nitrogens is 1. The minimum absolute atomic E-state index is 0.171. The minimum atomic E-state index is -0.479. The molecule has 0 aliphatic carbocycles. The van der Waals surface area contributed by atoms with E-state index in [-0.39, 0.29) is 11.8 Å². The molecular weight excluding hydrogens is 202 g/mol. The Balaban J connectivity index is 2.64. The number of rotatable bonds is 4. The number of anilines is 1. The van der Waals surface area contributed by atoms with Gasteiger partial charge in [0.05, 0.1) is 6.04 Å². The highest BCUT2D eigenvalue weighted by molar-refractivity contribution is 5.94. The van der Waals surface area contributed by atoms with E-state index in [0.29, 0.717) is 5.82 Å². The van der Waals surface area contributed by atoms with Crippen molar-refractivity contribution < 1.29 is 4.79 Å². The van der Waals surface area contributed by atoms with E-state index in [1.54, 1.807) is 6.07 Å². The monoisotopic (exact) mass is 221 g/mol. The second-order valence-corrected chi connectivity index (χ2v) is 4.06. The van der Waals surface area contributed by atoms with E-state index in [0.717, 1.165) is 12.1 Å². The molecule has 0 aliphatic heterocycles. The van der Waals surface area contributed by atoms with Gasteiger partial charge in [0.1, 0.15) is 5.82 Å². The second-order valence-electron chi connectivity index (χ2n) is 4.06. The number of hydrogen-bond acceptors (Lipinski definition) is 3. The number of carbonyl (C=O) groups excluding carboxylic acids is 1. The Labute approximate surface area is 96.3 Å². The highest BCUT2D eigenvalue weighted by atomic mass is 16.2. The van der Waals surface area contributed by atoms with Crippen LogP contribution in [0.5, 0.6) is 0 Å². The highest BCUT2D eigenvalue weighted by Crippen LogP contribution is 2.09. The molecule has 1 aromatic heterocycles. The van der Waals surface area contributed by atoms with Crippen LogP contribution in [0.2, 0.25) is 0 Å². The summed E-state index contributed by atoms with van der Waals surface area (Å²) in [6.07, 6.45) is 0.885. The summed E-state index contributed by atoms with van der Waals surface area (Å²) in [6, 6.07) is 5.01. The van der Waals surface area contributed by atoms with Crippen LogP contribution in [-0.4, -0.2) is 16.9 Å². The lowest BCUT2D eigenvalue weighted by Crippen LogP contribution is -2.40. The molecule has 3 N–H and O–H groups in total. The van der Waals surface area contributed by atoms with Gasteiger partial charge in [-0.3, -0.25) is 4.79 Å². The lowest BCUT2D eigenvalue weighted by molar-refractivity contribution is -0.118. The maximum atomic E-state index is 11.7. The summed E-state index contributed by atoms with van der Waals surface area (Å²) in [4.78, 5) is 15.9. The normalized spacial score (nSPS) is 14.2. The Morgan fingerprint density at radius 3 is 2.81 bits per heavy atom. The maximum absolute atomic E-state index is 11.7. The fourth-order valence-electron chi connectivity index (χ4n) is 1.33. The van der Waals surface area contributed by atoms with Crippen LogP contribution in [-0.2, 0) is 4.79 Å². The Bertz CT molecular complexity index is 365. The number of carbonyl (C=O) groups is 1. The maximum Gasteiger partial charge on any atom is 0.242 e. The molecule has 4 nitrogen and oxygen atoms in total. The minimum Gasteiger partial charge on any atom is -0.320 e. The summed E-state index contributed by atoms with van der Waals surface area (Å²) in [5.74, 6) is 0.556. The summed E-state index contributed by atoms with van der Waals surface area (Å²) in [6.45, 7) is 5.86. The number of nitrogens with zero attached hydrogens (tertiary/aromatic N) is 1. The van der Waals surface area contributed by atoms with Crippen LogP contribution >= 0.6 is 0 Å². The van der Waals surface area contributed by atoms with E-state index in [2.05, 4.69) is 10.3 Å². The summed E-state index contributed by atoms with van der Waals surface area (Å²) in [7, 11) is 0. The molecule has 0 aromatic carbocycles. The fraction of sp³-hybridized carbons (Fsp3) is 0.500. The standard InChI is InChI=1S/C12H19N3O/c1-4-8(2)11(13)12(16)15-10-7-5-6-9(3)14-10/h5-8,11H,4,13H2,1-3H3,(H,14,15,16). The zero-order chi connectivity index (χ0) is 12.1. The van der Waals surface area contributed by atoms with Gasteiger partial charge in [-0.15, -0.1) is 0 Å². The molecule has 2 unspecified atom stereocenters. The zero-order valence-electron chi connectivity index (χ0n) is 10.0. The van der Waals surface area contributed by atoms with Crippen molar-refractivity contribution in [1.82, 2.24) is 4.98 Å². The average molecular weight is 221 g/mol. The van der Waals surface area contributed by atoms with Gasteiger partial charge in [0.25, 0.3) is 0 Å². The molecule has 1 aromatic rings. The van der Waals surface area contributed by atoms with Crippen molar-refractivity contribution in [2.45, 2.75) is 33.2 Å². The van der Waals surface area contributed by atoms with Gasteiger partial charge in [-0.2, -0.15) is 0 Å². The quantitative estimate of drug-likeness (QED) is 0.813. The fourth-order valence-corrected chi connectivity index (χ4v) is 1.33. The van der Waals surface area contributed by atoms with Crippen LogP contribution in [0.3, 0.4) is 0 Å². The van der Waals surface area contributed by atoms with Crippen LogP contribution in [0.4, 0.5) is 5.82 Å². The first-order valence-corrected chi connectivity index (χ1v) is 5.54. The van der Waals surface area contributed by atoms with Gasteiger partial charge in [0.2, 0.25) is 5.91 Å². The first-order chi connectivity index (χ1) is 7.54. The molecule has 16 heavy (non-hydrogen) atoms. The molecule has 0 aliphatic rings. The first-order valence-electron chi connectivity index (χ1n) is 5.54. The predicted octanol–water partition coefficient (Wildman–Crippen LogP) is 1.70. The third-order valence-electron chi connectivity index (χ3n) is 2.70. The van der Waals surface area contributed by atoms with E-state index in [9.17, 15) is 4.79 Å². The van der Waals surface area contributed by atoms with Gasteiger partial charge in [-0.05, 0) is 25.0 Å². The van der Waals surface area contributed by atoms with Gasteiger partial charge >= 0.3 is 0 Å². The van der Waals surface area contributed by atoms with E-state index in [4.69, 9.17) is 5.73 Å². The molecule has 1 heterocycles. The summed E-state index contributed by atoms with van der Waals surface area (Å²) >= 11 is 0. The third kappa shape index (κ3) is 3.31. The van der Waals surface area contributed by atoms with Crippen molar-refractivity contribution in [2.24, 2.45) is 11.7 Å². The van der Waals surface area contributed by atoms with E-state index in [1.807, 2.05) is 32.9 Å². The molecule has 0 saturated carbocycles. The molecule has 0 fully saturated rings. The van der Waals surface area contributed by atoms with Crippen LogP contribution in [0.25, 0.3) is 0 Å². The Kier molecular flexibility index (Phi) is 4.43. The number of amides is 1. The van der Waals surface area contributed by atoms with Crippen molar-refractivity contribution in [3.8, 4) is 0 Å². The highest BCUT2D eigenvalue weighted by Gasteiger charge is 2.19. The second kappa shape index (κ2) is 5.61. The zero-order valence-corrected chi connectivity index (χ0v) is 10.0. The smallest absolute Gasteiger partial charge is 0.242 e. The number of aryl methyl sites for hydroxylation is 1. The summed E-state index contributed by atoms with van der Waals surface area (Å²) in [5.41, 5.74) is 6.69. The molecule has 4 heteroatoms. The van der Waals surface area contributed by atoms with Gasteiger partial charge < -0.3 is 11.1 Å². The van der Waals surface area contributed by atoms with Gasteiger partial charge in [-0.25, -0.2) is 4.98 Å². The molecule has 1 amide bonds. The molecular formula is C12H19N3O. The van der Waals surface area contributed by atoms with Crippen molar-refractivity contribution in [3.05, 3.63) is 23.9 Å². The molecule has 1 rings (SSSR count). The molecule has 0 saturated heterocycles. The Morgan fingerprint density at radius 1 is 1.56 bits per heavy atom.